The molecule has 0 radical (unpaired) electrons. The third kappa shape index (κ3) is 4.17. The van der Waals surface area contributed by atoms with Crippen LogP contribution in [0.4, 0.5) is 0 Å². The van der Waals surface area contributed by atoms with Gasteiger partial charge in [0.1, 0.15) is 0 Å². The molecule has 0 aliphatic carbocycles. The Labute approximate surface area is 115 Å². The lowest BCUT2D eigenvalue weighted by molar-refractivity contribution is -0.136. The summed E-state index contributed by atoms with van der Waals surface area (Å²) in [4.78, 5) is 25.3. The second-order valence-electron chi connectivity index (χ2n) is 4.19. The van der Waals surface area contributed by atoms with E-state index in [1.54, 1.807) is 16.2 Å². The highest BCUT2D eigenvalue weighted by molar-refractivity contribution is 7.10. The molecular weight excluding hydrogens is 264 g/mol. The Hall–Kier alpha value is -1.68. The van der Waals surface area contributed by atoms with Gasteiger partial charge in [-0.3, -0.25) is 19.8 Å². The molecule has 1 aromatic rings. The number of carbonyl (C=O) groups excluding carboxylic acids is 2. The molecule has 0 saturated carbocycles. The third-order valence-electron chi connectivity index (χ3n) is 2.52. The Morgan fingerprint density at radius 3 is 2.79 bits per heavy atom. The zero-order chi connectivity index (χ0) is 13.7. The SMILES string of the molecule is O=C1CN(Cc2cc(C#CCCO)cs2)CC(=O)N1. The lowest BCUT2D eigenvalue weighted by atomic mass is 10.2. The summed E-state index contributed by atoms with van der Waals surface area (Å²) in [6.45, 7) is 1.13. The number of nitrogens with one attached hydrogen (secondary N) is 1. The lowest BCUT2D eigenvalue weighted by Gasteiger charge is -2.24. The van der Waals surface area contributed by atoms with E-state index in [1.165, 1.54) is 0 Å². The highest BCUT2D eigenvalue weighted by Crippen LogP contribution is 2.16. The fraction of sp³-hybridized carbons (Fsp3) is 0.385. The minimum absolute atomic E-state index is 0.0645. The monoisotopic (exact) mass is 278 g/mol. The van der Waals surface area contributed by atoms with Gasteiger partial charge in [-0.1, -0.05) is 11.8 Å². The van der Waals surface area contributed by atoms with Crippen molar-refractivity contribution in [3.63, 3.8) is 0 Å². The number of amides is 2. The van der Waals surface area contributed by atoms with Crippen LogP contribution >= 0.6 is 11.3 Å². The molecule has 0 aromatic carbocycles. The second-order valence-corrected chi connectivity index (χ2v) is 5.19. The molecule has 1 aliphatic rings. The van der Waals surface area contributed by atoms with Crippen molar-refractivity contribution >= 4 is 23.2 Å². The molecule has 0 atom stereocenters. The van der Waals surface area contributed by atoms with E-state index in [2.05, 4.69) is 17.2 Å². The fourth-order valence-electron chi connectivity index (χ4n) is 1.78. The fourth-order valence-corrected chi connectivity index (χ4v) is 2.64. The van der Waals surface area contributed by atoms with Crippen LogP contribution in [-0.2, 0) is 16.1 Å². The van der Waals surface area contributed by atoms with Crippen molar-refractivity contribution in [2.45, 2.75) is 13.0 Å². The van der Waals surface area contributed by atoms with Gasteiger partial charge < -0.3 is 5.11 Å². The zero-order valence-electron chi connectivity index (χ0n) is 10.3. The summed E-state index contributed by atoms with van der Waals surface area (Å²) in [6.07, 6.45) is 0.464. The Kier molecular flexibility index (Phi) is 4.68. The molecule has 1 aromatic heterocycles. The van der Waals surface area contributed by atoms with Crippen LogP contribution in [0.2, 0.25) is 0 Å². The van der Waals surface area contributed by atoms with Crippen molar-refractivity contribution in [3.05, 3.63) is 21.9 Å². The Morgan fingerprint density at radius 2 is 2.11 bits per heavy atom. The van der Waals surface area contributed by atoms with E-state index in [0.717, 1.165) is 10.4 Å². The van der Waals surface area contributed by atoms with Crippen LogP contribution in [0.25, 0.3) is 0 Å². The quantitative estimate of drug-likeness (QED) is 0.600. The molecule has 2 rings (SSSR count). The highest BCUT2D eigenvalue weighted by Gasteiger charge is 2.22. The standard InChI is InChI=1S/C13H14N2O3S/c16-4-2-1-3-10-5-11(19-9-10)6-15-7-12(17)14-13(18)8-15/h5,9,16H,2,4,6-8H2,(H,14,17,18). The first kappa shape index (κ1) is 13.7. The highest BCUT2D eigenvalue weighted by atomic mass is 32.1. The average molecular weight is 278 g/mol. The molecule has 1 saturated heterocycles. The van der Waals surface area contributed by atoms with E-state index in [9.17, 15) is 9.59 Å². The van der Waals surface area contributed by atoms with Crippen LogP contribution in [0.1, 0.15) is 16.9 Å². The van der Waals surface area contributed by atoms with Gasteiger partial charge in [0.2, 0.25) is 11.8 Å². The second kappa shape index (κ2) is 6.48. The van der Waals surface area contributed by atoms with Gasteiger partial charge in [-0.25, -0.2) is 0 Å². The van der Waals surface area contributed by atoms with E-state index in [-0.39, 0.29) is 31.5 Å². The molecule has 5 nitrogen and oxygen atoms in total. The van der Waals surface area contributed by atoms with Crippen LogP contribution in [0.3, 0.4) is 0 Å². The van der Waals surface area contributed by atoms with Crippen molar-refractivity contribution in [1.29, 1.82) is 0 Å². The first-order chi connectivity index (χ1) is 9.17. The van der Waals surface area contributed by atoms with Gasteiger partial charge in [0.15, 0.2) is 0 Å². The molecule has 0 bridgehead atoms. The number of rotatable bonds is 3. The topological polar surface area (TPSA) is 69.6 Å². The van der Waals surface area contributed by atoms with Crippen molar-refractivity contribution in [1.82, 2.24) is 10.2 Å². The van der Waals surface area contributed by atoms with Crippen LogP contribution in [0.5, 0.6) is 0 Å². The Morgan fingerprint density at radius 1 is 1.37 bits per heavy atom. The summed E-state index contributed by atoms with van der Waals surface area (Å²) in [5.74, 6) is 5.31. The number of piperazine rings is 1. The molecule has 6 heteroatoms. The molecule has 0 spiro atoms. The minimum Gasteiger partial charge on any atom is -0.395 e. The summed E-state index contributed by atoms with van der Waals surface area (Å²) < 4.78 is 0. The summed E-state index contributed by atoms with van der Waals surface area (Å²) in [5, 5.41) is 12.8. The summed E-state index contributed by atoms with van der Waals surface area (Å²) in [6, 6.07) is 1.95. The number of imide groups is 1. The van der Waals surface area contributed by atoms with Gasteiger partial charge in [0, 0.05) is 28.8 Å². The minimum atomic E-state index is -0.254. The summed E-state index contributed by atoms with van der Waals surface area (Å²) in [5.41, 5.74) is 0.904. The first-order valence-electron chi connectivity index (χ1n) is 5.89. The molecular formula is C13H14N2O3S. The van der Waals surface area contributed by atoms with Crippen molar-refractivity contribution in [2.75, 3.05) is 19.7 Å². The van der Waals surface area contributed by atoms with Crippen LogP contribution in [0.15, 0.2) is 11.4 Å². The number of hydrogen-bond acceptors (Lipinski definition) is 5. The van der Waals surface area contributed by atoms with Crippen molar-refractivity contribution < 1.29 is 14.7 Å². The summed E-state index contributed by atoms with van der Waals surface area (Å²) in [7, 11) is 0. The molecule has 1 fully saturated rings. The molecule has 2 N–H and O–H groups in total. The van der Waals surface area contributed by atoms with Gasteiger partial charge in [-0.2, -0.15) is 0 Å². The number of hydrogen-bond donors (Lipinski definition) is 2. The predicted molar refractivity (Wildman–Crippen MR) is 71.3 cm³/mol. The number of carbonyl (C=O) groups is 2. The van der Waals surface area contributed by atoms with Gasteiger partial charge >= 0.3 is 0 Å². The van der Waals surface area contributed by atoms with Gasteiger partial charge in [-0.05, 0) is 6.07 Å². The molecule has 1 aliphatic heterocycles. The maximum Gasteiger partial charge on any atom is 0.240 e. The number of aliphatic hydroxyl groups excluding tert-OH is 1. The van der Waals surface area contributed by atoms with E-state index in [4.69, 9.17) is 5.11 Å². The van der Waals surface area contributed by atoms with Crippen LogP contribution in [0, 0.1) is 11.8 Å². The van der Waals surface area contributed by atoms with Crippen molar-refractivity contribution in [2.24, 2.45) is 0 Å². The van der Waals surface area contributed by atoms with E-state index in [0.29, 0.717) is 13.0 Å². The van der Waals surface area contributed by atoms with Crippen LogP contribution < -0.4 is 5.32 Å². The molecule has 2 amide bonds. The molecule has 0 unspecified atom stereocenters. The van der Waals surface area contributed by atoms with E-state index < -0.39 is 0 Å². The largest absolute Gasteiger partial charge is 0.395 e. The molecule has 2 heterocycles. The third-order valence-corrected chi connectivity index (χ3v) is 3.44. The number of nitrogens with zero attached hydrogens (tertiary/aromatic N) is 1. The number of thiophene rings is 1. The maximum absolute atomic E-state index is 11.2. The zero-order valence-corrected chi connectivity index (χ0v) is 11.1. The van der Waals surface area contributed by atoms with E-state index >= 15 is 0 Å². The average Bonchev–Trinajstić information content (AvgIpc) is 2.76. The van der Waals surface area contributed by atoms with Gasteiger partial charge in [-0.15, -0.1) is 11.3 Å². The van der Waals surface area contributed by atoms with Gasteiger partial charge in [0.25, 0.3) is 0 Å². The molecule has 100 valence electrons. The maximum atomic E-state index is 11.2. The molecule has 19 heavy (non-hydrogen) atoms. The van der Waals surface area contributed by atoms with Crippen LogP contribution in [-0.4, -0.2) is 41.5 Å². The van der Waals surface area contributed by atoms with Gasteiger partial charge in [0.05, 0.1) is 19.7 Å². The Balaban J connectivity index is 1.94. The predicted octanol–water partition coefficient (Wildman–Crippen LogP) is -0.0596. The number of aliphatic hydroxyl groups is 1. The Bertz CT molecular complexity index is 526. The smallest absolute Gasteiger partial charge is 0.240 e. The summed E-state index contributed by atoms with van der Waals surface area (Å²) >= 11 is 1.55. The van der Waals surface area contributed by atoms with E-state index in [1.807, 2.05) is 11.4 Å². The first-order valence-corrected chi connectivity index (χ1v) is 6.77. The lowest BCUT2D eigenvalue weighted by Crippen LogP contribution is -2.50. The van der Waals surface area contributed by atoms with Crippen molar-refractivity contribution in [3.8, 4) is 11.8 Å². The normalized spacial score (nSPS) is 15.8.